The van der Waals surface area contributed by atoms with E-state index in [9.17, 15) is 4.79 Å². The van der Waals surface area contributed by atoms with Crippen molar-refractivity contribution in [2.75, 3.05) is 7.05 Å². The van der Waals surface area contributed by atoms with Gasteiger partial charge in [0.05, 0.1) is 12.0 Å². The minimum Gasteiger partial charge on any atom is -0.485 e. The van der Waals surface area contributed by atoms with Crippen LogP contribution in [0.1, 0.15) is 30.1 Å². The lowest BCUT2D eigenvalue weighted by Gasteiger charge is -2.47. The van der Waals surface area contributed by atoms with E-state index >= 15 is 0 Å². The van der Waals surface area contributed by atoms with E-state index in [0.717, 1.165) is 24.2 Å². The average Bonchev–Trinajstić information content (AvgIpc) is 2.66. The minimum atomic E-state index is -0.528. The Labute approximate surface area is 159 Å². The summed E-state index contributed by atoms with van der Waals surface area (Å²) in [6.45, 7) is 2.13. The van der Waals surface area contributed by atoms with Crippen molar-refractivity contribution in [2.45, 2.75) is 31.3 Å². The highest BCUT2D eigenvalue weighted by molar-refractivity contribution is 7.80. The molecule has 0 radical (unpaired) electrons. The number of benzene rings is 2. The summed E-state index contributed by atoms with van der Waals surface area (Å²) in [6, 6.07) is 16.4. The van der Waals surface area contributed by atoms with Crippen molar-refractivity contribution in [1.29, 1.82) is 0 Å². The van der Waals surface area contributed by atoms with Crippen LogP contribution in [0.2, 0.25) is 6.82 Å². The third-order valence-electron chi connectivity index (χ3n) is 5.42. The molecule has 132 valence electrons. The van der Waals surface area contributed by atoms with Crippen LogP contribution in [0.25, 0.3) is 0 Å². The van der Waals surface area contributed by atoms with Gasteiger partial charge in [-0.1, -0.05) is 54.8 Å². The first kappa shape index (κ1) is 17.1. The highest BCUT2D eigenvalue weighted by Gasteiger charge is 2.48. The van der Waals surface area contributed by atoms with Gasteiger partial charge in [-0.05, 0) is 23.8 Å². The number of nitrogens with one attached hydrogen (secondary N) is 1. The molecule has 26 heavy (non-hydrogen) atoms. The molecular formula is C20H21BN2O2S. The van der Waals surface area contributed by atoms with E-state index in [1.807, 2.05) is 24.3 Å². The van der Waals surface area contributed by atoms with Gasteiger partial charge in [-0.2, -0.15) is 0 Å². The largest absolute Gasteiger partial charge is 0.485 e. The Kier molecular flexibility index (Phi) is 4.23. The average molecular weight is 364 g/mol. The summed E-state index contributed by atoms with van der Waals surface area (Å²) in [5.74, 6) is 0.866. The third-order valence-corrected chi connectivity index (χ3v) is 5.80. The number of ether oxygens (including phenoxy) is 1. The molecule has 2 aromatic carbocycles. The van der Waals surface area contributed by atoms with E-state index in [-0.39, 0.29) is 12.0 Å². The number of rotatable bonds is 2. The Bertz CT molecular complexity index is 853. The van der Waals surface area contributed by atoms with E-state index < -0.39 is 5.54 Å². The zero-order valence-electron chi connectivity index (χ0n) is 15.0. The number of thiocarbonyl (C=S) groups is 1. The number of nitrogens with zero attached hydrogens (tertiary/aromatic N) is 1. The van der Waals surface area contributed by atoms with Gasteiger partial charge in [0, 0.05) is 19.0 Å². The standard InChI is InChI=1S/C20H21BN2O2S/c1-21-14-8-9-16-15(10-14)20(12-18(24)23(2)19(26)22-20)11-17(25-16)13-6-4-3-5-7-13/h3-10,17,21H,11-12H2,1-2H3,(H,22,26). The Morgan fingerprint density at radius 1 is 1.27 bits per heavy atom. The van der Waals surface area contributed by atoms with E-state index in [0.29, 0.717) is 18.0 Å². The van der Waals surface area contributed by atoms with Crippen molar-refractivity contribution < 1.29 is 9.53 Å². The first-order chi connectivity index (χ1) is 12.5. The molecule has 2 atom stereocenters. The number of carbonyl (C=O) groups excluding carboxylic acids is 1. The van der Waals surface area contributed by atoms with Crippen molar-refractivity contribution in [3.8, 4) is 5.75 Å². The van der Waals surface area contributed by atoms with Crippen molar-refractivity contribution in [3.63, 3.8) is 0 Å². The summed E-state index contributed by atoms with van der Waals surface area (Å²) >= 11 is 5.46. The van der Waals surface area contributed by atoms with E-state index in [1.54, 1.807) is 7.05 Å². The molecule has 0 aromatic heterocycles. The normalized spacial score (nSPS) is 24.7. The monoisotopic (exact) mass is 364 g/mol. The molecule has 2 heterocycles. The molecule has 2 aromatic rings. The molecular weight excluding hydrogens is 343 g/mol. The first-order valence-electron chi connectivity index (χ1n) is 8.96. The van der Waals surface area contributed by atoms with Crippen LogP contribution in [-0.4, -0.2) is 30.2 Å². The molecule has 6 heteroatoms. The molecule has 2 unspecified atom stereocenters. The van der Waals surface area contributed by atoms with Crippen LogP contribution in [0.3, 0.4) is 0 Å². The van der Waals surface area contributed by atoms with Gasteiger partial charge < -0.3 is 10.1 Å². The molecule has 1 N–H and O–H groups in total. The summed E-state index contributed by atoms with van der Waals surface area (Å²) in [7, 11) is 2.66. The van der Waals surface area contributed by atoms with Crippen LogP contribution >= 0.6 is 12.2 Å². The fraction of sp³-hybridized carbons (Fsp3) is 0.300. The Morgan fingerprint density at radius 2 is 2.04 bits per heavy atom. The maximum Gasteiger partial charge on any atom is 0.231 e. The van der Waals surface area contributed by atoms with Gasteiger partial charge in [0.15, 0.2) is 12.4 Å². The molecule has 1 amide bonds. The van der Waals surface area contributed by atoms with Gasteiger partial charge in [0.2, 0.25) is 5.91 Å². The van der Waals surface area contributed by atoms with Crippen LogP contribution in [0.4, 0.5) is 0 Å². The zero-order valence-corrected chi connectivity index (χ0v) is 15.8. The van der Waals surface area contributed by atoms with Crippen LogP contribution in [0.5, 0.6) is 5.75 Å². The summed E-state index contributed by atoms with van der Waals surface area (Å²) < 4.78 is 6.33. The third kappa shape index (κ3) is 2.78. The SMILES string of the molecule is CBc1ccc2c(c1)C1(CC(=O)N(C)C(=S)N1)CC(c1ccccc1)O2. The lowest BCUT2D eigenvalue weighted by atomic mass is 9.69. The lowest BCUT2D eigenvalue weighted by molar-refractivity contribution is -0.130. The molecule has 2 aliphatic heterocycles. The molecule has 1 saturated heterocycles. The maximum absolute atomic E-state index is 12.6. The first-order valence-corrected chi connectivity index (χ1v) is 9.37. The molecule has 0 bridgehead atoms. The Hall–Kier alpha value is -2.34. The van der Waals surface area contributed by atoms with Gasteiger partial charge in [0.1, 0.15) is 11.9 Å². The van der Waals surface area contributed by atoms with Gasteiger partial charge in [-0.3, -0.25) is 9.69 Å². The van der Waals surface area contributed by atoms with Crippen molar-refractivity contribution in [3.05, 3.63) is 59.7 Å². The van der Waals surface area contributed by atoms with Crippen molar-refractivity contribution in [2.24, 2.45) is 0 Å². The molecule has 1 fully saturated rings. The van der Waals surface area contributed by atoms with E-state index in [4.69, 9.17) is 17.0 Å². The van der Waals surface area contributed by atoms with Gasteiger partial charge >= 0.3 is 0 Å². The van der Waals surface area contributed by atoms with E-state index in [2.05, 4.69) is 36.4 Å². The number of fused-ring (bicyclic) bond motifs is 2. The predicted molar refractivity (Wildman–Crippen MR) is 108 cm³/mol. The second kappa shape index (κ2) is 6.43. The highest BCUT2D eigenvalue weighted by Crippen LogP contribution is 2.47. The second-order valence-electron chi connectivity index (χ2n) is 7.05. The van der Waals surface area contributed by atoms with Crippen molar-refractivity contribution in [1.82, 2.24) is 10.2 Å². The molecule has 2 aliphatic rings. The second-order valence-corrected chi connectivity index (χ2v) is 7.43. The van der Waals surface area contributed by atoms with E-state index in [1.165, 1.54) is 10.4 Å². The summed E-state index contributed by atoms with van der Waals surface area (Å²) in [4.78, 5) is 14.2. The number of hydrogen-bond acceptors (Lipinski definition) is 3. The molecule has 4 rings (SSSR count). The van der Waals surface area contributed by atoms with Crippen LogP contribution in [0, 0.1) is 0 Å². The maximum atomic E-state index is 12.6. The summed E-state index contributed by atoms with van der Waals surface area (Å²) in [5, 5.41) is 3.95. The van der Waals surface area contributed by atoms with Crippen molar-refractivity contribution >= 4 is 36.0 Å². The van der Waals surface area contributed by atoms with Gasteiger partial charge in [-0.15, -0.1) is 0 Å². The smallest absolute Gasteiger partial charge is 0.231 e. The van der Waals surface area contributed by atoms with Gasteiger partial charge in [-0.25, -0.2) is 0 Å². The molecule has 0 saturated carbocycles. The molecule has 0 aliphatic carbocycles. The number of hydrogen-bond donors (Lipinski definition) is 1. The Balaban J connectivity index is 1.83. The molecule has 1 spiro atoms. The lowest BCUT2D eigenvalue weighted by Crippen LogP contribution is -2.60. The minimum absolute atomic E-state index is 0.0373. The van der Waals surface area contributed by atoms with Gasteiger partial charge in [0.25, 0.3) is 0 Å². The summed E-state index contributed by atoms with van der Waals surface area (Å²) in [6.07, 6.45) is 0.913. The fourth-order valence-corrected chi connectivity index (χ4v) is 4.15. The number of amides is 1. The number of carbonyl (C=O) groups is 1. The quantitative estimate of drug-likeness (QED) is 0.656. The topological polar surface area (TPSA) is 41.6 Å². The Morgan fingerprint density at radius 3 is 2.73 bits per heavy atom. The fourth-order valence-electron chi connectivity index (χ4n) is 3.86. The van der Waals surface area contributed by atoms with Crippen LogP contribution in [0.15, 0.2) is 48.5 Å². The van der Waals surface area contributed by atoms with Crippen LogP contribution in [-0.2, 0) is 10.3 Å². The zero-order chi connectivity index (χ0) is 18.3. The summed E-state index contributed by atoms with van der Waals surface area (Å²) in [5.41, 5.74) is 2.84. The molecule has 4 nitrogen and oxygen atoms in total. The van der Waals surface area contributed by atoms with Crippen LogP contribution < -0.4 is 15.5 Å². The predicted octanol–water partition coefficient (Wildman–Crippen LogP) is 2.25. The highest BCUT2D eigenvalue weighted by atomic mass is 32.1.